The number of hydrogen-bond donors (Lipinski definition) is 2. The first-order valence-electron chi connectivity index (χ1n) is 6.69. The third-order valence-electron chi connectivity index (χ3n) is 2.68. The third kappa shape index (κ3) is 4.82. The molecule has 0 fully saturated rings. The standard InChI is InChI=1S/C13H23N3O4S/c1-8(2)11(12(17)20-13(4,5)6)16-21(18,19)10-7-14-15-9(10)3/h7-8,11,16H,1-6H3,(H,14,15)/t11-/m1/s1. The lowest BCUT2D eigenvalue weighted by Gasteiger charge is -2.26. The Kier molecular flexibility index (Phi) is 5.16. The van der Waals surface area contributed by atoms with Crippen molar-refractivity contribution >= 4 is 16.0 Å². The van der Waals surface area contributed by atoms with E-state index in [1.165, 1.54) is 6.20 Å². The molecule has 1 rings (SSSR count). The number of rotatable bonds is 5. The highest BCUT2D eigenvalue weighted by molar-refractivity contribution is 7.89. The number of esters is 1. The van der Waals surface area contributed by atoms with E-state index < -0.39 is 27.6 Å². The van der Waals surface area contributed by atoms with Gasteiger partial charge in [0.1, 0.15) is 16.5 Å². The molecule has 0 spiro atoms. The molecule has 0 bridgehead atoms. The summed E-state index contributed by atoms with van der Waals surface area (Å²) in [5, 5.41) is 6.24. The van der Waals surface area contributed by atoms with Gasteiger partial charge >= 0.3 is 5.97 Å². The van der Waals surface area contributed by atoms with Gasteiger partial charge in [0.05, 0.1) is 11.9 Å². The fourth-order valence-corrected chi connectivity index (χ4v) is 3.13. The van der Waals surface area contributed by atoms with Crippen LogP contribution in [-0.4, -0.2) is 36.2 Å². The Hall–Kier alpha value is -1.41. The minimum Gasteiger partial charge on any atom is -0.459 e. The number of aromatic amines is 1. The first-order valence-corrected chi connectivity index (χ1v) is 8.17. The topological polar surface area (TPSA) is 101 Å². The van der Waals surface area contributed by atoms with Crippen molar-refractivity contribution in [2.45, 2.75) is 58.1 Å². The van der Waals surface area contributed by atoms with Crippen LogP contribution in [0, 0.1) is 12.8 Å². The number of hydrogen-bond acceptors (Lipinski definition) is 5. The van der Waals surface area contributed by atoms with Gasteiger partial charge in [-0.3, -0.25) is 9.89 Å². The molecular weight excluding hydrogens is 294 g/mol. The molecule has 1 aromatic heterocycles. The van der Waals surface area contributed by atoms with Crippen LogP contribution < -0.4 is 4.72 Å². The molecule has 0 aliphatic carbocycles. The maximum absolute atomic E-state index is 12.3. The molecule has 0 aliphatic rings. The van der Waals surface area contributed by atoms with Gasteiger partial charge in [0.15, 0.2) is 0 Å². The Balaban J connectivity index is 2.99. The van der Waals surface area contributed by atoms with Crippen LogP contribution in [0.5, 0.6) is 0 Å². The second kappa shape index (κ2) is 6.15. The average Bonchev–Trinajstić information content (AvgIpc) is 2.70. The number of nitrogens with one attached hydrogen (secondary N) is 2. The lowest BCUT2D eigenvalue weighted by atomic mass is 10.1. The zero-order valence-corrected chi connectivity index (χ0v) is 14.0. The number of sulfonamides is 1. The molecule has 0 aromatic carbocycles. The van der Waals surface area contributed by atoms with Crippen LogP contribution in [0.4, 0.5) is 0 Å². The molecule has 8 heteroatoms. The Bertz CT molecular complexity index is 599. The predicted molar refractivity (Wildman–Crippen MR) is 78.1 cm³/mol. The number of aromatic nitrogens is 2. The maximum atomic E-state index is 12.3. The van der Waals surface area contributed by atoms with Gasteiger partial charge in [-0.2, -0.15) is 9.82 Å². The molecule has 0 unspecified atom stereocenters. The van der Waals surface area contributed by atoms with Gasteiger partial charge in [-0.05, 0) is 33.6 Å². The van der Waals surface area contributed by atoms with Crippen LogP contribution in [0.1, 0.15) is 40.3 Å². The number of H-pyrrole nitrogens is 1. The van der Waals surface area contributed by atoms with Crippen LogP contribution in [0.25, 0.3) is 0 Å². The van der Waals surface area contributed by atoms with E-state index in [1.807, 2.05) is 0 Å². The molecule has 0 aliphatic heterocycles. The molecule has 1 atom stereocenters. The summed E-state index contributed by atoms with van der Waals surface area (Å²) in [6.45, 7) is 10.3. The fourth-order valence-electron chi connectivity index (χ4n) is 1.66. The van der Waals surface area contributed by atoms with E-state index in [0.717, 1.165) is 0 Å². The summed E-state index contributed by atoms with van der Waals surface area (Å²) in [5.74, 6) is -0.843. The summed E-state index contributed by atoms with van der Waals surface area (Å²) < 4.78 is 32.3. The lowest BCUT2D eigenvalue weighted by Crippen LogP contribution is -2.47. The summed E-state index contributed by atoms with van der Waals surface area (Å²) in [5.41, 5.74) is -0.268. The van der Waals surface area contributed by atoms with Gasteiger partial charge in [-0.15, -0.1) is 0 Å². The highest BCUT2D eigenvalue weighted by Crippen LogP contribution is 2.16. The number of aryl methyl sites for hydroxylation is 1. The number of nitrogens with zero attached hydrogens (tertiary/aromatic N) is 1. The second-order valence-electron chi connectivity index (χ2n) is 6.24. The van der Waals surface area contributed by atoms with Crippen molar-refractivity contribution in [1.82, 2.24) is 14.9 Å². The minimum atomic E-state index is -3.84. The van der Waals surface area contributed by atoms with E-state index in [-0.39, 0.29) is 10.8 Å². The maximum Gasteiger partial charge on any atom is 0.324 e. The van der Waals surface area contributed by atoms with Gasteiger partial charge in [0.25, 0.3) is 0 Å². The summed E-state index contributed by atoms with van der Waals surface area (Å²) in [6.07, 6.45) is 1.21. The molecule has 21 heavy (non-hydrogen) atoms. The van der Waals surface area contributed by atoms with Crippen molar-refractivity contribution in [1.29, 1.82) is 0 Å². The van der Waals surface area contributed by atoms with E-state index in [1.54, 1.807) is 41.5 Å². The molecule has 1 heterocycles. The van der Waals surface area contributed by atoms with Gasteiger partial charge in [0.2, 0.25) is 10.0 Å². The minimum absolute atomic E-state index is 0.0247. The van der Waals surface area contributed by atoms with E-state index in [4.69, 9.17) is 4.74 Å². The monoisotopic (exact) mass is 317 g/mol. The van der Waals surface area contributed by atoms with Gasteiger partial charge < -0.3 is 4.74 Å². The first-order chi connectivity index (χ1) is 9.44. The molecule has 0 radical (unpaired) electrons. The molecule has 120 valence electrons. The van der Waals surface area contributed by atoms with E-state index in [9.17, 15) is 13.2 Å². The van der Waals surface area contributed by atoms with Crippen LogP contribution >= 0.6 is 0 Å². The highest BCUT2D eigenvalue weighted by Gasteiger charge is 2.32. The number of carbonyl (C=O) groups is 1. The second-order valence-corrected chi connectivity index (χ2v) is 7.92. The predicted octanol–water partition coefficient (Wildman–Crippen LogP) is 1.36. The van der Waals surface area contributed by atoms with Crippen molar-refractivity contribution in [3.8, 4) is 0 Å². The molecule has 7 nitrogen and oxygen atoms in total. The Labute approximate surface area is 125 Å². The summed E-state index contributed by atoms with van der Waals surface area (Å²) >= 11 is 0. The molecule has 0 amide bonds. The lowest BCUT2D eigenvalue weighted by molar-refractivity contribution is -0.158. The largest absolute Gasteiger partial charge is 0.459 e. The van der Waals surface area contributed by atoms with Crippen LogP contribution in [0.15, 0.2) is 11.1 Å². The smallest absolute Gasteiger partial charge is 0.324 e. The molecule has 1 aromatic rings. The van der Waals surface area contributed by atoms with Crippen molar-refractivity contribution in [3.05, 3.63) is 11.9 Å². The highest BCUT2D eigenvalue weighted by atomic mass is 32.2. The van der Waals surface area contributed by atoms with E-state index in [2.05, 4.69) is 14.9 Å². The van der Waals surface area contributed by atoms with Crippen molar-refractivity contribution in [2.75, 3.05) is 0 Å². The summed E-state index contributed by atoms with van der Waals surface area (Å²) in [4.78, 5) is 12.2. The van der Waals surface area contributed by atoms with Gasteiger partial charge in [-0.1, -0.05) is 13.8 Å². The van der Waals surface area contributed by atoms with Gasteiger partial charge in [-0.25, -0.2) is 8.42 Å². The third-order valence-corrected chi connectivity index (χ3v) is 4.24. The van der Waals surface area contributed by atoms with Crippen LogP contribution in [-0.2, 0) is 19.6 Å². The van der Waals surface area contributed by atoms with E-state index in [0.29, 0.717) is 5.69 Å². The van der Waals surface area contributed by atoms with Gasteiger partial charge in [0, 0.05) is 0 Å². The Morgan fingerprint density at radius 3 is 2.33 bits per heavy atom. The summed E-state index contributed by atoms with van der Waals surface area (Å²) in [6, 6.07) is -0.955. The molecule has 2 N–H and O–H groups in total. The number of carbonyl (C=O) groups excluding carboxylic acids is 1. The zero-order chi connectivity index (χ0) is 16.4. The molecular formula is C13H23N3O4S. The van der Waals surface area contributed by atoms with Crippen molar-refractivity contribution in [3.63, 3.8) is 0 Å². The van der Waals surface area contributed by atoms with Crippen molar-refractivity contribution in [2.24, 2.45) is 5.92 Å². The van der Waals surface area contributed by atoms with E-state index >= 15 is 0 Å². The fraction of sp³-hybridized carbons (Fsp3) is 0.692. The molecule has 0 saturated heterocycles. The van der Waals surface area contributed by atoms with Crippen LogP contribution in [0.3, 0.4) is 0 Å². The SMILES string of the molecule is Cc1[nH]ncc1S(=O)(=O)N[C@@H](C(=O)OC(C)(C)C)C(C)C. The Morgan fingerprint density at radius 1 is 1.38 bits per heavy atom. The quantitative estimate of drug-likeness (QED) is 0.799. The number of ether oxygens (including phenoxy) is 1. The first kappa shape index (κ1) is 17.6. The Morgan fingerprint density at radius 2 is 1.95 bits per heavy atom. The average molecular weight is 317 g/mol. The summed E-state index contributed by atoms with van der Waals surface area (Å²) in [7, 11) is -3.84. The van der Waals surface area contributed by atoms with Crippen molar-refractivity contribution < 1.29 is 17.9 Å². The van der Waals surface area contributed by atoms with Crippen LogP contribution in [0.2, 0.25) is 0 Å². The normalized spacial score (nSPS) is 14.2. The zero-order valence-electron chi connectivity index (χ0n) is 13.2. The molecule has 0 saturated carbocycles.